The molecule has 0 N–H and O–H groups in total. The third-order valence-electron chi connectivity index (χ3n) is 10.7. The lowest BCUT2D eigenvalue weighted by Gasteiger charge is -2.50. The number of hydrogen-bond acceptors (Lipinski definition) is 10. The van der Waals surface area contributed by atoms with Gasteiger partial charge in [0.25, 0.3) is 0 Å². The number of hydrogen-bond donors (Lipinski definition) is 0. The zero-order valence-corrected chi connectivity index (χ0v) is 32.4. The van der Waals surface area contributed by atoms with Gasteiger partial charge in [0.1, 0.15) is 5.75 Å². The Hall–Kier alpha value is -1.25. The van der Waals surface area contributed by atoms with Gasteiger partial charge in [-0.15, -0.1) is 0 Å². The molecule has 10 nitrogen and oxygen atoms in total. The van der Waals surface area contributed by atoms with E-state index in [1.165, 1.54) is 11.1 Å². The van der Waals surface area contributed by atoms with Crippen LogP contribution in [-0.4, -0.2) is 45.1 Å². The topological polar surface area (TPSA) is 116 Å². The zero-order valence-electron chi connectivity index (χ0n) is 30.7. The highest BCUT2D eigenvalue weighted by molar-refractivity contribution is 7.49. The summed E-state index contributed by atoms with van der Waals surface area (Å²) in [5.41, 5.74) is 2.67. The van der Waals surface area contributed by atoms with Crippen LogP contribution < -0.4 is 4.52 Å². The first-order valence-corrected chi connectivity index (χ1v) is 22.0. The molecule has 0 heterocycles. The van der Waals surface area contributed by atoms with E-state index in [1.54, 1.807) is 0 Å². The number of carbonyl (C=O) groups is 1. The van der Waals surface area contributed by atoms with E-state index in [1.807, 2.05) is 26.0 Å². The fourth-order valence-electron chi connectivity index (χ4n) is 7.89. The zero-order chi connectivity index (χ0) is 35.3. The van der Waals surface area contributed by atoms with Crippen molar-refractivity contribution in [1.82, 2.24) is 0 Å². The SMILES string of the molecule is CCCCOP(=O)(OCCCC)OC(=O)CCO[C@@H]1CCC2C3CCc4cc(OP(=O)(OCCCC)OCCCC)ccc4C3CCC21C. The Morgan fingerprint density at radius 1 is 0.776 bits per heavy atom. The van der Waals surface area contributed by atoms with Crippen LogP contribution in [0.3, 0.4) is 0 Å². The van der Waals surface area contributed by atoms with Crippen LogP contribution in [0.25, 0.3) is 0 Å². The molecule has 0 amide bonds. The molecular formula is C37H62O10P2. The number of phosphoric ester groups is 2. The first kappa shape index (κ1) is 40.5. The van der Waals surface area contributed by atoms with Crippen LogP contribution in [-0.2, 0) is 47.7 Å². The third kappa shape index (κ3) is 11.1. The Morgan fingerprint density at radius 3 is 1.96 bits per heavy atom. The average Bonchev–Trinajstić information content (AvgIpc) is 3.41. The molecule has 3 aliphatic carbocycles. The van der Waals surface area contributed by atoms with Gasteiger partial charge in [-0.05, 0) is 111 Å². The van der Waals surface area contributed by atoms with Crippen molar-refractivity contribution in [2.45, 2.75) is 143 Å². The first-order chi connectivity index (χ1) is 23.6. The maximum atomic E-state index is 13.5. The summed E-state index contributed by atoms with van der Waals surface area (Å²) < 4.78 is 66.3. The molecule has 0 aromatic heterocycles. The monoisotopic (exact) mass is 728 g/mol. The molecule has 49 heavy (non-hydrogen) atoms. The molecule has 0 spiro atoms. The van der Waals surface area contributed by atoms with E-state index in [0.29, 0.717) is 49.6 Å². The van der Waals surface area contributed by atoms with Crippen molar-refractivity contribution in [3.63, 3.8) is 0 Å². The van der Waals surface area contributed by atoms with E-state index in [2.05, 4.69) is 26.8 Å². The van der Waals surface area contributed by atoms with Crippen molar-refractivity contribution in [3.8, 4) is 5.75 Å². The quantitative estimate of drug-likeness (QED) is 0.0796. The Labute approximate surface area is 295 Å². The van der Waals surface area contributed by atoms with Crippen LogP contribution in [0.5, 0.6) is 5.75 Å². The predicted octanol–water partition coefficient (Wildman–Crippen LogP) is 10.7. The summed E-state index contributed by atoms with van der Waals surface area (Å²) in [5.74, 6) is 1.48. The van der Waals surface area contributed by atoms with Gasteiger partial charge < -0.3 is 13.8 Å². The van der Waals surface area contributed by atoms with E-state index in [9.17, 15) is 13.9 Å². The van der Waals surface area contributed by atoms with Gasteiger partial charge in [0.05, 0.1) is 45.6 Å². The summed E-state index contributed by atoms with van der Waals surface area (Å²) in [6.45, 7) is 11.8. The van der Waals surface area contributed by atoms with E-state index in [0.717, 1.165) is 77.0 Å². The van der Waals surface area contributed by atoms with E-state index in [-0.39, 0.29) is 37.8 Å². The number of unbranched alkanes of at least 4 members (excludes halogenated alkanes) is 4. The van der Waals surface area contributed by atoms with Crippen molar-refractivity contribution in [1.29, 1.82) is 0 Å². The van der Waals surface area contributed by atoms with Gasteiger partial charge in [-0.1, -0.05) is 66.4 Å². The fraction of sp³-hybridized carbons (Fsp3) is 0.811. The molecule has 280 valence electrons. The highest BCUT2D eigenvalue weighted by Crippen LogP contribution is 2.62. The predicted molar refractivity (Wildman–Crippen MR) is 191 cm³/mol. The lowest BCUT2D eigenvalue weighted by Crippen LogP contribution is -2.44. The molecule has 5 atom stereocenters. The summed E-state index contributed by atoms with van der Waals surface area (Å²) in [6, 6.07) is 6.13. The molecule has 0 radical (unpaired) electrons. The molecule has 1 aromatic rings. The molecule has 2 fully saturated rings. The molecule has 2 saturated carbocycles. The van der Waals surface area contributed by atoms with Crippen LogP contribution in [0.1, 0.15) is 142 Å². The maximum Gasteiger partial charge on any atom is 0.532 e. The van der Waals surface area contributed by atoms with Gasteiger partial charge in [-0.3, -0.25) is 22.9 Å². The highest BCUT2D eigenvalue weighted by atomic mass is 31.2. The van der Waals surface area contributed by atoms with Crippen molar-refractivity contribution in [2.24, 2.45) is 17.3 Å². The van der Waals surface area contributed by atoms with Crippen molar-refractivity contribution in [2.75, 3.05) is 33.0 Å². The summed E-state index contributed by atoms with van der Waals surface area (Å²) in [4.78, 5) is 12.7. The normalized spacial score (nSPS) is 25.0. The lowest BCUT2D eigenvalue weighted by atomic mass is 9.55. The maximum absolute atomic E-state index is 13.5. The van der Waals surface area contributed by atoms with Crippen LogP contribution >= 0.6 is 15.6 Å². The third-order valence-corrected chi connectivity index (χ3v) is 13.5. The largest absolute Gasteiger partial charge is 0.532 e. The fourth-order valence-corrected chi connectivity index (χ4v) is 10.4. The van der Waals surface area contributed by atoms with Crippen LogP contribution in [0.15, 0.2) is 18.2 Å². The minimum absolute atomic E-state index is 0.000432. The van der Waals surface area contributed by atoms with Gasteiger partial charge >= 0.3 is 21.6 Å². The minimum Gasteiger partial charge on any atom is -0.404 e. The molecule has 4 rings (SSSR count). The second-order valence-corrected chi connectivity index (χ2v) is 17.4. The number of rotatable bonds is 23. The number of phosphoric acid groups is 2. The van der Waals surface area contributed by atoms with Crippen molar-refractivity contribution < 1.29 is 45.8 Å². The number of carbonyl (C=O) groups excluding carboxylic acids is 1. The smallest absolute Gasteiger partial charge is 0.404 e. The van der Waals surface area contributed by atoms with E-state index >= 15 is 0 Å². The Kier molecular flexibility index (Phi) is 16.2. The Bertz CT molecular complexity index is 1250. The molecule has 3 aliphatic rings. The number of fused-ring (bicyclic) bond motifs is 5. The molecule has 0 aliphatic heterocycles. The second kappa shape index (κ2) is 19.5. The second-order valence-electron chi connectivity index (χ2n) is 14.2. The van der Waals surface area contributed by atoms with Gasteiger partial charge in [0.2, 0.25) is 0 Å². The standard InChI is InChI=1S/C37H62O10P2/c1-6-10-23-42-48(39,43-24-11-7-2)46-30-15-17-31-29(28-30)14-16-33-32(31)20-22-37(5)34(33)18-19-35(37)41-27-21-36(38)47-49(40,44-25-12-8-3)45-26-13-9-4/h15,17,28,32-35H,6-14,16,18-27H2,1-5H3/t32?,33?,34?,35-,37?/m1/s1. The van der Waals surface area contributed by atoms with Gasteiger partial charge in [0, 0.05) is 0 Å². The molecule has 4 unspecified atom stereocenters. The van der Waals surface area contributed by atoms with E-state index in [4.69, 9.17) is 31.9 Å². The highest BCUT2D eigenvalue weighted by Gasteiger charge is 2.55. The van der Waals surface area contributed by atoms with Crippen molar-refractivity contribution in [3.05, 3.63) is 29.3 Å². The number of benzene rings is 1. The number of aryl methyl sites for hydroxylation is 1. The Balaban J connectivity index is 1.33. The van der Waals surface area contributed by atoms with Gasteiger partial charge in [-0.25, -0.2) is 9.13 Å². The molecule has 0 saturated heterocycles. The Morgan fingerprint density at radius 2 is 1.37 bits per heavy atom. The van der Waals surface area contributed by atoms with E-state index < -0.39 is 21.6 Å². The van der Waals surface area contributed by atoms with Gasteiger partial charge in [-0.2, -0.15) is 0 Å². The molecule has 0 bridgehead atoms. The minimum atomic E-state index is -3.95. The molecule has 12 heteroatoms. The summed E-state index contributed by atoms with van der Waals surface area (Å²) in [6.07, 6.45) is 12.9. The van der Waals surface area contributed by atoms with Crippen LogP contribution in [0, 0.1) is 17.3 Å². The lowest BCUT2D eigenvalue weighted by molar-refractivity contribution is -0.139. The first-order valence-electron chi connectivity index (χ1n) is 19.0. The van der Waals surface area contributed by atoms with Gasteiger partial charge in [0.15, 0.2) is 0 Å². The van der Waals surface area contributed by atoms with Crippen molar-refractivity contribution >= 4 is 21.6 Å². The van der Waals surface area contributed by atoms with Crippen LogP contribution in [0.2, 0.25) is 0 Å². The average molecular weight is 729 g/mol. The summed E-state index contributed by atoms with van der Waals surface area (Å²) >= 11 is 0. The van der Waals surface area contributed by atoms with Crippen LogP contribution in [0.4, 0.5) is 0 Å². The number of ether oxygens (including phenoxy) is 1. The molecular weight excluding hydrogens is 666 g/mol. The summed E-state index contributed by atoms with van der Waals surface area (Å²) in [5, 5.41) is 0. The molecule has 1 aromatic carbocycles. The summed E-state index contributed by atoms with van der Waals surface area (Å²) in [7, 11) is -7.65.